The highest BCUT2D eigenvalue weighted by atomic mass is 79.9. The number of halogens is 4. The van der Waals surface area contributed by atoms with E-state index in [1.165, 1.54) is 6.07 Å². The van der Waals surface area contributed by atoms with E-state index in [9.17, 15) is 13.2 Å². The van der Waals surface area contributed by atoms with Crippen LogP contribution in [0.15, 0.2) is 21.1 Å². The molecule has 1 heterocycles. The number of nitrogens with zero attached hydrogens (tertiary/aromatic N) is 1. The van der Waals surface area contributed by atoms with Gasteiger partial charge in [0.25, 0.3) is 0 Å². The normalized spacial score (nSPS) is 12.0. The molecule has 0 aliphatic rings. The molecule has 0 saturated carbocycles. The van der Waals surface area contributed by atoms with Gasteiger partial charge in [-0.05, 0) is 28.1 Å². The first-order chi connectivity index (χ1) is 7.38. The summed E-state index contributed by atoms with van der Waals surface area (Å²) in [6, 6.07) is 2.49. The van der Waals surface area contributed by atoms with Gasteiger partial charge in [0.1, 0.15) is 0 Å². The molecule has 0 saturated heterocycles. The molecule has 0 unspecified atom stereocenters. The van der Waals surface area contributed by atoms with E-state index in [1.807, 2.05) is 0 Å². The fourth-order valence-electron chi connectivity index (χ4n) is 1.21. The molecule has 0 amide bonds. The Kier molecular flexibility index (Phi) is 2.45. The quantitative estimate of drug-likeness (QED) is 0.878. The number of nitrogen functional groups attached to an aromatic ring is 1. The summed E-state index contributed by atoms with van der Waals surface area (Å²) in [5.41, 5.74) is 5.29. The van der Waals surface area contributed by atoms with E-state index in [0.717, 1.165) is 6.07 Å². The standard InChI is InChI=1S/C8H4BrF3N2O2/c9-3-1-2-4(15-8(10,11)12)6-5(3)7(13)14-16-6/h1-2H,(H2,13,14). The van der Waals surface area contributed by atoms with Crippen LogP contribution in [-0.2, 0) is 0 Å². The Labute approximate surface area is 95.3 Å². The van der Waals surface area contributed by atoms with Gasteiger partial charge >= 0.3 is 6.36 Å². The van der Waals surface area contributed by atoms with Crippen molar-refractivity contribution in [2.75, 3.05) is 5.73 Å². The topological polar surface area (TPSA) is 61.3 Å². The van der Waals surface area contributed by atoms with Crippen molar-refractivity contribution in [3.05, 3.63) is 16.6 Å². The van der Waals surface area contributed by atoms with Gasteiger partial charge in [-0.25, -0.2) is 0 Å². The fourth-order valence-corrected chi connectivity index (χ4v) is 1.73. The van der Waals surface area contributed by atoms with E-state index in [0.29, 0.717) is 4.47 Å². The SMILES string of the molecule is Nc1noc2c(OC(F)(F)F)ccc(Br)c12. The summed E-state index contributed by atoms with van der Waals surface area (Å²) in [7, 11) is 0. The number of benzene rings is 1. The minimum Gasteiger partial charge on any atom is -0.402 e. The third-order valence-corrected chi connectivity index (χ3v) is 2.45. The van der Waals surface area contributed by atoms with Crippen molar-refractivity contribution in [3.63, 3.8) is 0 Å². The van der Waals surface area contributed by atoms with Crippen LogP contribution >= 0.6 is 15.9 Å². The van der Waals surface area contributed by atoms with Gasteiger partial charge in [0.05, 0.1) is 5.39 Å². The van der Waals surface area contributed by atoms with Crippen LogP contribution in [0.1, 0.15) is 0 Å². The lowest BCUT2D eigenvalue weighted by Gasteiger charge is -2.08. The zero-order chi connectivity index (χ0) is 11.9. The number of nitrogens with two attached hydrogens (primary N) is 1. The maximum Gasteiger partial charge on any atom is 0.573 e. The molecule has 4 nitrogen and oxygen atoms in total. The second kappa shape index (κ2) is 3.55. The van der Waals surface area contributed by atoms with Gasteiger partial charge in [0, 0.05) is 4.47 Å². The monoisotopic (exact) mass is 296 g/mol. The van der Waals surface area contributed by atoms with E-state index < -0.39 is 12.1 Å². The van der Waals surface area contributed by atoms with E-state index in [2.05, 4.69) is 30.3 Å². The lowest BCUT2D eigenvalue weighted by Crippen LogP contribution is -2.17. The molecule has 1 aromatic carbocycles. The predicted octanol–water partition coefficient (Wildman–Crippen LogP) is 3.07. The van der Waals surface area contributed by atoms with Crippen molar-refractivity contribution < 1.29 is 22.4 Å². The van der Waals surface area contributed by atoms with Crippen molar-refractivity contribution in [1.82, 2.24) is 5.16 Å². The number of rotatable bonds is 1. The maximum absolute atomic E-state index is 12.0. The van der Waals surface area contributed by atoms with Gasteiger partial charge in [0.2, 0.25) is 5.58 Å². The molecule has 0 fully saturated rings. The maximum atomic E-state index is 12.0. The Morgan fingerprint density at radius 2 is 2.06 bits per heavy atom. The molecule has 2 rings (SSSR count). The molecular weight excluding hydrogens is 293 g/mol. The summed E-state index contributed by atoms with van der Waals surface area (Å²) in [4.78, 5) is 0. The number of ether oxygens (including phenoxy) is 1. The molecule has 0 spiro atoms. The summed E-state index contributed by atoms with van der Waals surface area (Å²) in [6.07, 6.45) is -4.79. The van der Waals surface area contributed by atoms with Crippen LogP contribution in [0.25, 0.3) is 11.0 Å². The lowest BCUT2D eigenvalue weighted by atomic mass is 10.2. The molecule has 0 radical (unpaired) electrons. The van der Waals surface area contributed by atoms with Crippen LogP contribution in [0, 0.1) is 0 Å². The average molecular weight is 297 g/mol. The molecular formula is C8H4BrF3N2O2. The molecule has 0 aliphatic heterocycles. The van der Waals surface area contributed by atoms with Gasteiger partial charge in [0.15, 0.2) is 11.6 Å². The van der Waals surface area contributed by atoms with Crippen molar-refractivity contribution in [3.8, 4) is 5.75 Å². The van der Waals surface area contributed by atoms with Gasteiger partial charge in [-0.15, -0.1) is 13.2 Å². The van der Waals surface area contributed by atoms with E-state index in [4.69, 9.17) is 5.73 Å². The Hall–Kier alpha value is -1.44. The summed E-state index contributed by atoms with van der Waals surface area (Å²) in [5, 5.41) is 3.62. The minimum atomic E-state index is -4.79. The van der Waals surface area contributed by atoms with Crippen LogP contribution in [0.4, 0.5) is 19.0 Å². The molecule has 8 heteroatoms. The van der Waals surface area contributed by atoms with Gasteiger partial charge in [-0.2, -0.15) is 0 Å². The Balaban J connectivity index is 2.60. The third-order valence-electron chi connectivity index (χ3n) is 1.79. The van der Waals surface area contributed by atoms with E-state index in [-0.39, 0.29) is 16.8 Å². The highest BCUT2D eigenvalue weighted by Gasteiger charge is 2.33. The van der Waals surface area contributed by atoms with Gasteiger partial charge in [-0.3, -0.25) is 0 Å². The second-order valence-corrected chi connectivity index (χ2v) is 3.72. The third kappa shape index (κ3) is 1.92. The van der Waals surface area contributed by atoms with Crippen LogP contribution in [-0.4, -0.2) is 11.5 Å². The molecule has 2 aromatic rings. The second-order valence-electron chi connectivity index (χ2n) is 2.87. The van der Waals surface area contributed by atoms with Crippen LogP contribution in [0.3, 0.4) is 0 Å². The van der Waals surface area contributed by atoms with Crippen LogP contribution in [0.5, 0.6) is 5.75 Å². The molecule has 86 valence electrons. The number of anilines is 1. The first-order valence-electron chi connectivity index (χ1n) is 3.97. The first kappa shape index (κ1) is 11.1. The van der Waals surface area contributed by atoms with E-state index in [1.54, 1.807) is 0 Å². The minimum absolute atomic E-state index is 0.00509. The predicted molar refractivity (Wildman–Crippen MR) is 52.8 cm³/mol. The number of alkyl halides is 3. The zero-order valence-electron chi connectivity index (χ0n) is 7.51. The van der Waals surface area contributed by atoms with Gasteiger partial charge in [-0.1, -0.05) is 5.16 Å². The van der Waals surface area contributed by atoms with Crippen LogP contribution in [0.2, 0.25) is 0 Å². The molecule has 0 aliphatic carbocycles. The van der Waals surface area contributed by atoms with Crippen molar-refractivity contribution in [2.45, 2.75) is 6.36 Å². The zero-order valence-corrected chi connectivity index (χ0v) is 9.09. The van der Waals surface area contributed by atoms with Gasteiger partial charge < -0.3 is 15.0 Å². The summed E-state index contributed by atoms with van der Waals surface area (Å²) in [6.45, 7) is 0. The van der Waals surface area contributed by atoms with Crippen molar-refractivity contribution >= 4 is 32.7 Å². The summed E-state index contributed by atoms with van der Waals surface area (Å²) in [5.74, 6) is -0.482. The number of hydrogen-bond donors (Lipinski definition) is 1. The van der Waals surface area contributed by atoms with E-state index >= 15 is 0 Å². The molecule has 2 N–H and O–H groups in total. The highest BCUT2D eigenvalue weighted by Crippen LogP contribution is 2.37. The van der Waals surface area contributed by atoms with Crippen molar-refractivity contribution in [1.29, 1.82) is 0 Å². The summed E-state index contributed by atoms with van der Waals surface area (Å²) < 4.78 is 45.1. The molecule has 16 heavy (non-hydrogen) atoms. The Morgan fingerprint density at radius 3 is 2.69 bits per heavy atom. The average Bonchev–Trinajstić information content (AvgIpc) is 2.52. The number of hydrogen-bond acceptors (Lipinski definition) is 4. The molecule has 0 atom stereocenters. The molecule has 1 aromatic heterocycles. The highest BCUT2D eigenvalue weighted by molar-refractivity contribution is 9.10. The lowest BCUT2D eigenvalue weighted by molar-refractivity contribution is -0.274. The first-order valence-corrected chi connectivity index (χ1v) is 4.77. The molecule has 0 bridgehead atoms. The van der Waals surface area contributed by atoms with Crippen molar-refractivity contribution in [2.24, 2.45) is 0 Å². The summed E-state index contributed by atoms with van der Waals surface area (Å²) >= 11 is 3.12. The fraction of sp³-hybridized carbons (Fsp3) is 0.125. The Morgan fingerprint density at radius 1 is 1.38 bits per heavy atom. The number of aromatic nitrogens is 1. The largest absolute Gasteiger partial charge is 0.573 e. The Bertz CT molecular complexity index is 538. The number of fused-ring (bicyclic) bond motifs is 1. The van der Waals surface area contributed by atoms with Crippen LogP contribution < -0.4 is 10.5 Å². The smallest absolute Gasteiger partial charge is 0.402 e.